The molecule has 0 aromatic heterocycles. The van der Waals surface area contributed by atoms with Crippen molar-refractivity contribution < 1.29 is 22.7 Å². The van der Waals surface area contributed by atoms with E-state index >= 15 is 0 Å². The Kier molecular flexibility index (Phi) is 6.29. The maximum absolute atomic E-state index is 13.3. The van der Waals surface area contributed by atoms with Crippen LogP contribution in [0.15, 0.2) is 18.2 Å². The number of esters is 1. The lowest BCUT2D eigenvalue weighted by Gasteiger charge is -2.36. The van der Waals surface area contributed by atoms with Crippen molar-refractivity contribution in [1.29, 1.82) is 0 Å². The second-order valence-electron chi connectivity index (χ2n) is 7.51. The average Bonchev–Trinajstić information content (AvgIpc) is 2.68. The lowest BCUT2D eigenvalue weighted by atomic mass is 9.86. The van der Waals surface area contributed by atoms with Crippen LogP contribution < -0.4 is 10.2 Å². The Morgan fingerprint density at radius 3 is 2.44 bits per heavy atom. The summed E-state index contributed by atoms with van der Waals surface area (Å²) in [4.78, 5) is 13.6. The van der Waals surface area contributed by atoms with E-state index in [2.05, 4.69) is 10.2 Å². The molecule has 2 saturated heterocycles. The Labute approximate surface area is 158 Å². The van der Waals surface area contributed by atoms with Gasteiger partial charge in [0.15, 0.2) is 0 Å². The van der Waals surface area contributed by atoms with E-state index < -0.39 is 11.7 Å². The molecule has 0 bridgehead atoms. The number of hydrogen-bond acceptors (Lipinski definition) is 4. The Balaban J connectivity index is 1.80. The molecule has 2 fully saturated rings. The Morgan fingerprint density at radius 2 is 1.85 bits per heavy atom. The highest BCUT2D eigenvalue weighted by molar-refractivity contribution is 5.69. The molecule has 1 N–H and O–H groups in total. The third-order valence-electron chi connectivity index (χ3n) is 5.77. The quantitative estimate of drug-likeness (QED) is 0.798. The Bertz CT molecular complexity index is 649. The van der Waals surface area contributed by atoms with E-state index in [0.717, 1.165) is 44.3 Å². The SMILES string of the molecule is COC(=O)CC1CCN(c2cc(C(F)(F)F)ccc2C2CCNCC2)CC1. The monoisotopic (exact) mass is 384 g/mol. The van der Waals surface area contributed by atoms with Gasteiger partial charge in [-0.2, -0.15) is 13.2 Å². The molecule has 3 rings (SSSR count). The topological polar surface area (TPSA) is 41.6 Å². The molecule has 2 aliphatic heterocycles. The second-order valence-corrected chi connectivity index (χ2v) is 7.51. The summed E-state index contributed by atoms with van der Waals surface area (Å²) in [6.07, 6.45) is -0.499. The van der Waals surface area contributed by atoms with Crippen molar-refractivity contribution in [3.8, 4) is 0 Å². The van der Waals surface area contributed by atoms with Gasteiger partial charge in [-0.15, -0.1) is 0 Å². The largest absolute Gasteiger partial charge is 0.469 e. The highest BCUT2D eigenvalue weighted by Gasteiger charge is 2.33. The van der Waals surface area contributed by atoms with E-state index in [9.17, 15) is 18.0 Å². The van der Waals surface area contributed by atoms with Gasteiger partial charge >= 0.3 is 12.1 Å². The zero-order chi connectivity index (χ0) is 19.4. The Hall–Kier alpha value is -1.76. The van der Waals surface area contributed by atoms with E-state index in [1.807, 2.05) is 0 Å². The van der Waals surface area contributed by atoms with Gasteiger partial charge in [0.05, 0.1) is 12.7 Å². The number of halogens is 3. The molecule has 27 heavy (non-hydrogen) atoms. The van der Waals surface area contributed by atoms with Crippen molar-refractivity contribution in [2.45, 2.75) is 44.2 Å². The highest BCUT2D eigenvalue weighted by Crippen LogP contribution is 2.39. The molecular formula is C20H27F3N2O2. The molecule has 2 heterocycles. The first-order chi connectivity index (χ1) is 12.9. The van der Waals surface area contributed by atoms with Gasteiger partial charge in [0.1, 0.15) is 0 Å². The molecule has 0 atom stereocenters. The fourth-order valence-corrected chi connectivity index (χ4v) is 4.17. The van der Waals surface area contributed by atoms with Crippen LogP contribution in [0.25, 0.3) is 0 Å². The minimum absolute atomic E-state index is 0.220. The zero-order valence-electron chi connectivity index (χ0n) is 15.6. The van der Waals surface area contributed by atoms with Gasteiger partial charge < -0.3 is 15.0 Å². The third kappa shape index (κ3) is 4.94. The number of ether oxygens (including phenoxy) is 1. The highest BCUT2D eigenvalue weighted by atomic mass is 19.4. The van der Waals surface area contributed by atoms with Crippen LogP contribution in [-0.4, -0.2) is 39.3 Å². The van der Waals surface area contributed by atoms with E-state index in [1.165, 1.54) is 19.2 Å². The molecule has 0 saturated carbocycles. The van der Waals surface area contributed by atoms with Crippen LogP contribution in [0.2, 0.25) is 0 Å². The molecule has 4 nitrogen and oxygen atoms in total. The molecule has 1 aromatic carbocycles. The number of alkyl halides is 3. The number of benzene rings is 1. The molecule has 1 aromatic rings. The predicted octanol–water partition coefficient (Wildman–Crippen LogP) is 3.95. The van der Waals surface area contributed by atoms with Gasteiger partial charge in [-0.3, -0.25) is 4.79 Å². The summed E-state index contributed by atoms with van der Waals surface area (Å²) >= 11 is 0. The molecule has 0 unspecified atom stereocenters. The van der Waals surface area contributed by atoms with E-state index in [1.54, 1.807) is 6.07 Å². The first-order valence-electron chi connectivity index (χ1n) is 9.62. The van der Waals surface area contributed by atoms with Crippen molar-refractivity contribution >= 4 is 11.7 Å². The smallest absolute Gasteiger partial charge is 0.416 e. The van der Waals surface area contributed by atoms with Crippen molar-refractivity contribution in [3.05, 3.63) is 29.3 Å². The van der Waals surface area contributed by atoms with Crippen molar-refractivity contribution in [3.63, 3.8) is 0 Å². The van der Waals surface area contributed by atoms with Crippen LogP contribution in [0.4, 0.5) is 18.9 Å². The predicted molar refractivity (Wildman–Crippen MR) is 97.9 cm³/mol. The fraction of sp³-hybridized carbons (Fsp3) is 0.650. The maximum atomic E-state index is 13.3. The molecule has 0 aliphatic carbocycles. The van der Waals surface area contributed by atoms with Crippen LogP contribution in [0.1, 0.15) is 49.1 Å². The molecule has 150 valence electrons. The fourth-order valence-electron chi connectivity index (χ4n) is 4.17. The number of carbonyl (C=O) groups excluding carboxylic acids is 1. The molecule has 0 amide bonds. The Morgan fingerprint density at radius 1 is 1.19 bits per heavy atom. The van der Waals surface area contributed by atoms with Gasteiger partial charge in [0.2, 0.25) is 0 Å². The molecule has 0 spiro atoms. The number of rotatable bonds is 4. The molecule has 0 radical (unpaired) electrons. The number of nitrogens with zero attached hydrogens (tertiary/aromatic N) is 1. The number of methoxy groups -OCH3 is 1. The average molecular weight is 384 g/mol. The standard InChI is InChI=1S/C20H27F3N2O2/c1-27-19(26)12-14-6-10-25(11-7-14)18-13-16(20(21,22)23)2-3-17(18)15-4-8-24-9-5-15/h2-3,13-15,24H,4-12H2,1H3. The summed E-state index contributed by atoms with van der Waals surface area (Å²) in [6, 6.07) is 4.21. The maximum Gasteiger partial charge on any atom is 0.416 e. The van der Waals surface area contributed by atoms with Gasteiger partial charge in [-0.05, 0) is 68.3 Å². The number of nitrogens with one attached hydrogen (secondary N) is 1. The van der Waals surface area contributed by atoms with Crippen molar-refractivity contribution in [2.75, 3.05) is 38.2 Å². The normalized spacial score (nSPS) is 19.9. The van der Waals surface area contributed by atoms with Crippen LogP contribution >= 0.6 is 0 Å². The summed E-state index contributed by atoms with van der Waals surface area (Å²) in [6.45, 7) is 3.13. The van der Waals surface area contributed by atoms with Crippen LogP contribution in [-0.2, 0) is 15.7 Å². The van der Waals surface area contributed by atoms with Gasteiger partial charge in [-0.25, -0.2) is 0 Å². The lowest BCUT2D eigenvalue weighted by molar-refractivity contribution is -0.142. The second kappa shape index (κ2) is 8.50. The van der Waals surface area contributed by atoms with E-state index in [0.29, 0.717) is 25.2 Å². The minimum atomic E-state index is -4.34. The third-order valence-corrected chi connectivity index (χ3v) is 5.77. The molecule has 7 heteroatoms. The first kappa shape index (κ1) is 20.0. The lowest BCUT2D eigenvalue weighted by Crippen LogP contribution is -2.36. The van der Waals surface area contributed by atoms with Crippen LogP contribution in [0.5, 0.6) is 0 Å². The first-order valence-corrected chi connectivity index (χ1v) is 9.62. The number of hydrogen-bond donors (Lipinski definition) is 1. The molecule has 2 aliphatic rings. The van der Waals surface area contributed by atoms with Crippen LogP contribution in [0, 0.1) is 5.92 Å². The number of piperidine rings is 2. The summed E-state index contributed by atoms with van der Waals surface area (Å²) in [7, 11) is 1.38. The van der Waals surface area contributed by atoms with E-state index in [4.69, 9.17) is 4.74 Å². The van der Waals surface area contributed by atoms with Gasteiger partial charge in [-0.1, -0.05) is 6.07 Å². The number of anilines is 1. The summed E-state index contributed by atoms with van der Waals surface area (Å²) in [5, 5.41) is 3.31. The summed E-state index contributed by atoms with van der Waals surface area (Å²) in [5.41, 5.74) is 1.15. The number of carbonyl (C=O) groups is 1. The van der Waals surface area contributed by atoms with Gasteiger partial charge in [0.25, 0.3) is 0 Å². The summed E-state index contributed by atoms with van der Waals surface area (Å²) in [5.74, 6) is 0.307. The zero-order valence-corrected chi connectivity index (χ0v) is 15.6. The summed E-state index contributed by atoms with van der Waals surface area (Å²) < 4.78 is 44.6. The van der Waals surface area contributed by atoms with Crippen molar-refractivity contribution in [2.24, 2.45) is 5.92 Å². The van der Waals surface area contributed by atoms with Crippen LogP contribution in [0.3, 0.4) is 0 Å². The van der Waals surface area contributed by atoms with E-state index in [-0.39, 0.29) is 17.8 Å². The van der Waals surface area contributed by atoms with Crippen molar-refractivity contribution in [1.82, 2.24) is 5.32 Å². The van der Waals surface area contributed by atoms with Gasteiger partial charge in [0, 0.05) is 25.2 Å². The minimum Gasteiger partial charge on any atom is -0.469 e. The molecular weight excluding hydrogens is 357 g/mol.